The fraction of sp³-hybridized carbons (Fsp3) is 0.423. The number of benzene rings is 1. The lowest BCUT2D eigenvalue weighted by Gasteiger charge is -2.45. The topological polar surface area (TPSA) is 66.0 Å². The van der Waals surface area contributed by atoms with Crippen molar-refractivity contribution in [3.8, 4) is 0 Å². The number of hydrogen-bond donors (Lipinski definition) is 0. The first kappa shape index (κ1) is 22.4. The Balaban J connectivity index is 1.29. The van der Waals surface area contributed by atoms with E-state index in [2.05, 4.69) is 9.88 Å². The van der Waals surface area contributed by atoms with Gasteiger partial charge in [0.05, 0.1) is 6.04 Å². The van der Waals surface area contributed by atoms with Crippen LogP contribution in [0.15, 0.2) is 54.4 Å². The number of rotatable bonds is 4. The van der Waals surface area contributed by atoms with E-state index in [0.717, 1.165) is 31.5 Å². The summed E-state index contributed by atoms with van der Waals surface area (Å²) < 4.78 is 20.3. The Morgan fingerprint density at radius 1 is 1.06 bits per heavy atom. The quantitative estimate of drug-likeness (QED) is 0.651. The van der Waals surface area contributed by atoms with Crippen LogP contribution >= 0.6 is 0 Å². The molecule has 2 saturated heterocycles. The second-order valence-corrected chi connectivity index (χ2v) is 9.03. The van der Waals surface area contributed by atoms with Crippen LogP contribution in [0.2, 0.25) is 0 Å². The van der Waals surface area contributed by atoms with Crippen LogP contribution < -0.4 is 4.90 Å². The second-order valence-electron chi connectivity index (χ2n) is 9.03. The zero-order valence-electron chi connectivity index (χ0n) is 19.1. The van der Waals surface area contributed by atoms with E-state index in [1.807, 2.05) is 23.1 Å². The van der Waals surface area contributed by atoms with Crippen molar-refractivity contribution in [3.05, 3.63) is 65.8 Å². The minimum Gasteiger partial charge on any atom is -0.482 e. The normalized spacial score (nSPS) is 24.1. The monoisotopic (exact) mass is 464 g/mol. The van der Waals surface area contributed by atoms with Crippen molar-refractivity contribution in [2.75, 3.05) is 37.6 Å². The van der Waals surface area contributed by atoms with Crippen LogP contribution in [-0.2, 0) is 14.3 Å². The fourth-order valence-corrected chi connectivity index (χ4v) is 5.07. The number of amides is 2. The van der Waals surface area contributed by atoms with E-state index in [0.29, 0.717) is 31.7 Å². The first-order chi connectivity index (χ1) is 16.6. The number of nitrogens with zero attached hydrogens (tertiary/aromatic N) is 4. The van der Waals surface area contributed by atoms with Crippen LogP contribution in [0, 0.1) is 5.82 Å². The Hall–Kier alpha value is -3.42. The molecule has 0 N–H and O–H groups in total. The van der Waals surface area contributed by atoms with Gasteiger partial charge in [0.2, 0.25) is 5.91 Å². The van der Waals surface area contributed by atoms with Crippen LogP contribution in [0.4, 0.5) is 10.2 Å². The molecule has 1 aromatic heterocycles. The van der Waals surface area contributed by atoms with Crippen molar-refractivity contribution in [2.45, 2.75) is 37.8 Å². The Kier molecular flexibility index (Phi) is 6.47. The molecule has 1 saturated carbocycles. The maximum absolute atomic E-state index is 14.2. The molecule has 2 amide bonds. The summed E-state index contributed by atoms with van der Waals surface area (Å²) >= 11 is 0. The smallest absolute Gasteiger partial charge is 0.289 e. The molecule has 8 heteroatoms. The van der Waals surface area contributed by atoms with E-state index in [1.165, 1.54) is 12.1 Å². The van der Waals surface area contributed by atoms with Gasteiger partial charge in [-0.2, -0.15) is 0 Å². The first-order valence-electron chi connectivity index (χ1n) is 12.0. The van der Waals surface area contributed by atoms with Crippen LogP contribution in [0.5, 0.6) is 0 Å². The number of anilines is 1. The molecule has 3 heterocycles. The number of carbonyl (C=O) groups is 2. The number of hydrogen-bond acceptors (Lipinski definition) is 5. The highest BCUT2D eigenvalue weighted by Crippen LogP contribution is 2.33. The average Bonchev–Trinajstić information content (AvgIpc) is 2.88. The fourth-order valence-electron chi connectivity index (χ4n) is 5.07. The molecule has 5 rings (SSSR count). The van der Waals surface area contributed by atoms with E-state index < -0.39 is 5.82 Å². The van der Waals surface area contributed by atoms with Crippen LogP contribution in [-0.4, -0.2) is 71.5 Å². The standard InChI is InChI=1S/C26H29FN4O3/c27-20-8-2-1-7-19(20)17-23-26(33)31(21-9-3-4-10-22(21)34-23)18-25(32)30-15-13-29(14-16-30)24-11-5-6-12-28-24/h1-2,5-8,11-12,17,21-22H,3-4,9-10,13-16,18H2/b23-17-. The summed E-state index contributed by atoms with van der Waals surface area (Å²) in [4.78, 5) is 36.6. The van der Waals surface area contributed by atoms with Gasteiger partial charge in [0.25, 0.3) is 5.91 Å². The van der Waals surface area contributed by atoms with Gasteiger partial charge >= 0.3 is 0 Å². The molecule has 0 bridgehead atoms. The lowest BCUT2D eigenvalue weighted by molar-refractivity contribution is -0.154. The van der Waals surface area contributed by atoms with Crippen molar-refractivity contribution in [1.29, 1.82) is 0 Å². The molecular formula is C26H29FN4O3. The van der Waals surface area contributed by atoms with Crippen LogP contribution in [0.3, 0.4) is 0 Å². The molecule has 0 radical (unpaired) electrons. The number of piperazine rings is 1. The third-order valence-electron chi connectivity index (χ3n) is 6.92. The molecule has 34 heavy (non-hydrogen) atoms. The lowest BCUT2D eigenvalue weighted by Crippen LogP contribution is -2.58. The molecule has 2 aromatic rings. The third kappa shape index (κ3) is 4.62. The van der Waals surface area contributed by atoms with Crippen LogP contribution in [0.1, 0.15) is 31.2 Å². The molecule has 2 unspecified atom stereocenters. The maximum atomic E-state index is 14.2. The van der Waals surface area contributed by atoms with E-state index in [1.54, 1.807) is 29.3 Å². The highest BCUT2D eigenvalue weighted by molar-refractivity contribution is 5.98. The number of fused-ring (bicyclic) bond motifs is 1. The SMILES string of the molecule is O=C(CN1C(=O)/C(=C/c2ccccc2F)OC2CCCCC21)N1CCN(c2ccccn2)CC1. The summed E-state index contributed by atoms with van der Waals surface area (Å²) in [6.07, 6.45) is 6.70. The Morgan fingerprint density at radius 3 is 2.59 bits per heavy atom. The summed E-state index contributed by atoms with van der Waals surface area (Å²) in [5.74, 6) is 0.204. The molecule has 3 aliphatic rings. The summed E-state index contributed by atoms with van der Waals surface area (Å²) in [6.45, 7) is 2.58. The minimum atomic E-state index is -0.412. The number of ether oxygens (including phenoxy) is 1. The summed E-state index contributed by atoms with van der Waals surface area (Å²) in [5.41, 5.74) is 0.303. The van der Waals surface area contributed by atoms with Crippen molar-refractivity contribution >= 4 is 23.7 Å². The molecule has 3 fully saturated rings. The van der Waals surface area contributed by atoms with Crippen molar-refractivity contribution in [2.24, 2.45) is 0 Å². The van der Waals surface area contributed by atoms with Crippen molar-refractivity contribution < 1.29 is 18.7 Å². The van der Waals surface area contributed by atoms with Gasteiger partial charge in [-0.05, 0) is 43.5 Å². The summed E-state index contributed by atoms with van der Waals surface area (Å²) in [6, 6.07) is 12.0. The van der Waals surface area contributed by atoms with E-state index in [-0.39, 0.29) is 36.3 Å². The zero-order valence-corrected chi connectivity index (χ0v) is 19.1. The maximum Gasteiger partial charge on any atom is 0.289 e. The van der Waals surface area contributed by atoms with Gasteiger partial charge in [-0.3, -0.25) is 9.59 Å². The zero-order chi connectivity index (χ0) is 23.5. The molecule has 178 valence electrons. The van der Waals surface area contributed by atoms with Crippen molar-refractivity contribution in [3.63, 3.8) is 0 Å². The Bertz CT molecular complexity index is 1070. The van der Waals surface area contributed by atoms with Crippen LogP contribution in [0.25, 0.3) is 6.08 Å². The third-order valence-corrected chi connectivity index (χ3v) is 6.92. The van der Waals surface area contributed by atoms with Gasteiger partial charge in [0.15, 0.2) is 5.76 Å². The van der Waals surface area contributed by atoms with Gasteiger partial charge in [0, 0.05) is 37.9 Å². The number of pyridine rings is 1. The highest BCUT2D eigenvalue weighted by Gasteiger charge is 2.42. The predicted octanol–water partition coefficient (Wildman–Crippen LogP) is 3.08. The number of carbonyl (C=O) groups excluding carboxylic acids is 2. The average molecular weight is 465 g/mol. The van der Waals surface area contributed by atoms with Gasteiger partial charge in [0.1, 0.15) is 24.3 Å². The molecule has 2 aliphatic heterocycles. The number of aromatic nitrogens is 1. The first-order valence-corrected chi connectivity index (χ1v) is 12.0. The lowest BCUT2D eigenvalue weighted by atomic mass is 9.89. The van der Waals surface area contributed by atoms with E-state index in [4.69, 9.17) is 4.74 Å². The number of halogens is 1. The molecule has 1 aliphatic carbocycles. The van der Waals surface area contributed by atoms with Gasteiger partial charge < -0.3 is 19.4 Å². The molecule has 7 nitrogen and oxygen atoms in total. The Morgan fingerprint density at radius 2 is 1.82 bits per heavy atom. The summed E-state index contributed by atoms with van der Waals surface area (Å²) in [5, 5.41) is 0. The van der Waals surface area contributed by atoms with E-state index >= 15 is 0 Å². The minimum absolute atomic E-state index is 0.0154. The van der Waals surface area contributed by atoms with Gasteiger partial charge in [-0.15, -0.1) is 0 Å². The second kappa shape index (κ2) is 9.83. The Labute approximate surface area is 198 Å². The van der Waals surface area contributed by atoms with Gasteiger partial charge in [-0.25, -0.2) is 9.37 Å². The van der Waals surface area contributed by atoms with Gasteiger partial charge in [-0.1, -0.05) is 30.7 Å². The van der Waals surface area contributed by atoms with E-state index in [9.17, 15) is 14.0 Å². The highest BCUT2D eigenvalue weighted by atomic mass is 19.1. The van der Waals surface area contributed by atoms with Crippen molar-refractivity contribution in [1.82, 2.24) is 14.8 Å². The summed E-state index contributed by atoms with van der Waals surface area (Å²) in [7, 11) is 0. The number of morpholine rings is 1. The molecule has 1 aromatic carbocycles. The molecule has 0 spiro atoms. The molecular weight excluding hydrogens is 435 g/mol. The largest absolute Gasteiger partial charge is 0.482 e. The molecule has 2 atom stereocenters. The predicted molar refractivity (Wildman–Crippen MR) is 126 cm³/mol.